The molecule has 0 aromatic heterocycles. The van der Waals surface area contributed by atoms with Gasteiger partial charge in [0, 0.05) is 11.6 Å². The molecule has 0 unspecified atom stereocenters. The summed E-state index contributed by atoms with van der Waals surface area (Å²) >= 11 is 0. The summed E-state index contributed by atoms with van der Waals surface area (Å²) in [5.74, 6) is 1.20. The van der Waals surface area contributed by atoms with Crippen molar-refractivity contribution >= 4 is 17.7 Å². The first-order valence-electron chi connectivity index (χ1n) is 7.67. The van der Waals surface area contributed by atoms with Crippen molar-refractivity contribution in [3.8, 4) is 11.5 Å². The normalized spacial score (nSPS) is 10.5. The summed E-state index contributed by atoms with van der Waals surface area (Å²) in [4.78, 5) is 12.1. The third kappa shape index (κ3) is 4.88. The third-order valence-corrected chi connectivity index (χ3v) is 3.08. The van der Waals surface area contributed by atoms with Crippen LogP contribution in [0.1, 0.15) is 19.4 Å². The molecule has 120 valence electrons. The second-order valence-electron chi connectivity index (χ2n) is 4.72. The molecule has 1 N–H and O–H groups in total. The Morgan fingerprint density at radius 3 is 2.30 bits per heavy atom. The maximum Gasteiger partial charge on any atom is 0.248 e. The maximum absolute atomic E-state index is 12.1. The Labute approximate surface area is 136 Å². The first-order chi connectivity index (χ1) is 11.2. The van der Waals surface area contributed by atoms with E-state index in [0.29, 0.717) is 24.7 Å². The lowest BCUT2D eigenvalue weighted by molar-refractivity contribution is -0.111. The zero-order valence-corrected chi connectivity index (χ0v) is 13.4. The molecule has 0 bridgehead atoms. The summed E-state index contributed by atoms with van der Waals surface area (Å²) in [5, 5.41) is 2.83. The lowest BCUT2D eigenvalue weighted by Gasteiger charge is -2.10. The molecule has 0 aliphatic rings. The number of amides is 1. The van der Waals surface area contributed by atoms with Crippen LogP contribution < -0.4 is 14.8 Å². The molecule has 23 heavy (non-hydrogen) atoms. The van der Waals surface area contributed by atoms with Crippen LogP contribution in [0.15, 0.2) is 54.6 Å². The number of rotatable bonds is 7. The van der Waals surface area contributed by atoms with Crippen molar-refractivity contribution in [2.24, 2.45) is 0 Å². The van der Waals surface area contributed by atoms with E-state index in [0.717, 1.165) is 11.3 Å². The van der Waals surface area contributed by atoms with Crippen LogP contribution in [0.25, 0.3) is 6.08 Å². The number of ether oxygens (including phenoxy) is 2. The molecule has 0 atom stereocenters. The first-order valence-corrected chi connectivity index (χ1v) is 7.67. The SMILES string of the molecule is CCOc1ccccc1/C=C/C(=O)Nc1ccccc1OCC. The Balaban J connectivity index is 2.08. The van der Waals surface area contributed by atoms with Crippen LogP contribution in [0.4, 0.5) is 5.69 Å². The maximum atomic E-state index is 12.1. The largest absolute Gasteiger partial charge is 0.493 e. The molecule has 4 nitrogen and oxygen atoms in total. The van der Waals surface area contributed by atoms with Gasteiger partial charge in [-0.1, -0.05) is 30.3 Å². The summed E-state index contributed by atoms with van der Waals surface area (Å²) in [6.07, 6.45) is 3.23. The topological polar surface area (TPSA) is 47.6 Å². The standard InChI is InChI=1S/C19H21NO3/c1-3-22-17-11-7-5-9-15(17)13-14-19(21)20-16-10-6-8-12-18(16)23-4-2/h5-14H,3-4H2,1-2H3,(H,20,21)/b14-13+. The highest BCUT2D eigenvalue weighted by atomic mass is 16.5. The summed E-state index contributed by atoms with van der Waals surface area (Å²) < 4.78 is 11.0. The minimum atomic E-state index is -0.219. The lowest BCUT2D eigenvalue weighted by Crippen LogP contribution is -2.09. The zero-order chi connectivity index (χ0) is 16.5. The number of hydrogen-bond donors (Lipinski definition) is 1. The van der Waals surface area contributed by atoms with Crippen LogP contribution in [0.2, 0.25) is 0 Å². The molecule has 0 fully saturated rings. The van der Waals surface area contributed by atoms with Crippen molar-refractivity contribution in [2.45, 2.75) is 13.8 Å². The molecule has 4 heteroatoms. The van der Waals surface area contributed by atoms with Crippen LogP contribution in [0.3, 0.4) is 0 Å². The van der Waals surface area contributed by atoms with Gasteiger partial charge in [0.25, 0.3) is 0 Å². The highest BCUT2D eigenvalue weighted by Crippen LogP contribution is 2.24. The lowest BCUT2D eigenvalue weighted by atomic mass is 10.2. The quantitative estimate of drug-likeness (QED) is 0.782. The van der Waals surface area contributed by atoms with Gasteiger partial charge in [-0.3, -0.25) is 4.79 Å². The van der Waals surface area contributed by atoms with Gasteiger partial charge >= 0.3 is 0 Å². The van der Waals surface area contributed by atoms with Crippen LogP contribution in [0, 0.1) is 0 Å². The molecular weight excluding hydrogens is 290 g/mol. The van der Waals surface area contributed by atoms with Gasteiger partial charge in [-0.05, 0) is 38.1 Å². The van der Waals surface area contributed by atoms with E-state index in [4.69, 9.17) is 9.47 Å². The van der Waals surface area contributed by atoms with Gasteiger partial charge in [-0.25, -0.2) is 0 Å². The minimum Gasteiger partial charge on any atom is -0.493 e. The number of anilines is 1. The van der Waals surface area contributed by atoms with E-state index in [-0.39, 0.29) is 5.91 Å². The molecule has 0 saturated carbocycles. The van der Waals surface area contributed by atoms with Crippen molar-refractivity contribution in [3.63, 3.8) is 0 Å². The molecular formula is C19H21NO3. The zero-order valence-electron chi connectivity index (χ0n) is 13.4. The smallest absolute Gasteiger partial charge is 0.248 e. The second kappa shape index (κ2) is 8.63. The number of hydrogen-bond acceptors (Lipinski definition) is 3. The summed E-state index contributed by atoms with van der Waals surface area (Å²) in [7, 11) is 0. The van der Waals surface area contributed by atoms with E-state index in [9.17, 15) is 4.79 Å². The second-order valence-corrected chi connectivity index (χ2v) is 4.72. The molecule has 2 rings (SSSR count). The molecule has 0 saturated heterocycles. The Kier molecular flexibility index (Phi) is 6.24. The Bertz CT molecular complexity index is 680. The van der Waals surface area contributed by atoms with Crippen molar-refractivity contribution in [2.75, 3.05) is 18.5 Å². The van der Waals surface area contributed by atoms with Crippen molar-refractivity contribution in [3.05, 3.63) is 60.2 Å². The molecule has 0 radical (unpaired) electrons. The van der Waals surface area contributed by atoms with Crippen molar-refractivity contribution < 1.29 is 14.3 Å². The summed E-state index contributed by atoms with van der Waals surface area (Å²) in [6.45, 7) is 4.96. The molecule has 2 aromatic rings. The third-order valence-electron chi connectivity index (χ3n) is 3.08. The fourth-order valence-corrected chi connectivity index (χ4v) is 2.10. The molecule has 0 aliphatic heterocycles. The predicted octanol–water partition coefficient (Wildman–Crippen LogP) is 4.14. The van der Waals surface area contributed by atoms with Crippen LogP contribution in [-0.2, 0) is 4.79 Å². The van der Waals surface area contributed by atoms with Crippen molar-refractivity contribution in [1.29, 1.82) is 0 Å². The van der Waals surface area contributed by atoms with Crippen LogP contribution in [0.5, 0.6) is 11.5 Å². The van der Waals surface area contributed by atoms with E-state index >= 15 is 0 Å². The number of nitrogens with one attached hydrogen (secondary N) is 1. The average molecular weight is 311 g/mol. The Morgan fingerprint density at radius 2 is 1.57 bits per heavy atom. The number of carbonyl (C=O) groups excluding carboxylic acids is 1. The highest BCUT2D eigenvalue weighted by molar-refractivity contribution is 6.02. The van der Waals surface area contributed by atoms with Gasteiger partial charge in [0.05, 0.1) is 18.9 Å². The van der Waals surface area contributed by atoms with Crippen LogP contribution in [-0.4, -0.2) is 19.1 Å². The van der Waals surface area contributed by atoms with E-state index in [1.54, 1.807) is 6.08 Å². The molecule has 0 aliphatic carbocycles. The van der Waals surface area contributed by atoms with Gasteiger partial charge in [-0.2, -0.15) is 0 Å². The Hall–Kier alpha value is -2.75. The van der Waals surface area contributed by atoms with E-state index in [1.807, 2.05) is 62.4 Å². The van der Waals surface area contributed by atoms with E-state index in [1.165, 1.54) is 6.08 Å². The van der Waals surface area contributed by atoms with E-state index in [2.05, 4.69) is 5.32 Å². The summed E-state index contributed by atoms with van der Waals surface area (Å²) in [5.41, 5.74) is 1.52. The van der Waals surface area contributed by atoms with Gasteiger partial charge < -0.3 is 14.8 Å². The fraction of sp³-hybridized carbons (Fsp3) is 0.211. The molecule has 0 heterocycles. The van der Waals surface area contributed by atoms with Crippen LogP contribution >= 0.6 is 0 Å². The van der Waals surface area contributed by atoms with Gasteiger partial charge in [-0.15, -0.1) is 0 Å². The minimum absolute atomic E-state index is 0.219. The molecule has 0 spiro atoms. The summed E-state index contributed by atoms with van der Waals surface area (Å²) in [6, 6.07) is 15.0. The van der Waals surface area contributed by atoms with Gasteiger partial charge in [0.1, 0.15) is 11.5 Å². The predicted molar refractivity (Wildman–Crippen MR) is 92.9 cm³/mol. The van der Waals surface area contributed by atoms with Gasteiger partial charge in [0.2, 0.25) is 5.91 Å². The Morgan fingerprint density at radius 1 is 0.957 bits per heavy atom. The average Bonchev–Trinajstić information content (AvgIpc) is 2.56. The van der Waals surface area contributed by atoms with Gasteiger partial charge in [0.15, 0.2) is 0 Å². The molecule has 1 amide bonds. The highest BCUT2D eigenvalue weighted by Gasteiger charge is 2.05. The fourth-order valence-electron chi connectivity index (χ4n) is 2.10. The van der Waals surface area contributed by atoms with E-state index < -0.39 is 0 Å². The number of carbonyl (C=O) groups is 1. The molecule has 2 aromatic carbocycles. The van der Waals surface area contributed by atoms with Crippen molar-refractivity contribution in [1.82, 2.24) is 0 Å². The monoisotopic (exact) mass is 311 g/mol. The number of benzene rings is 2. The first kappa shape index (κ1) is 16.6. The number of para-hydroxylation sites is 3.